The van der Waals surface area contributed by atoms with Gasteiger partial charge < -0.3 is 15.2 Å². The molecule has 0 saturated heterocycles. The highest BCUT2D eigenvalue weighted by atomic mass is 15.1. The molecule has 0 radical (unpaired) electrons. The van der Waals surface area contributed by atoms with Crippen LogP contribution in [0.2, 0.25) is 0 Å². The quantitative estimate of drug-likeness (QED) is 0.420. The van der Waals surface area contributed by atoms with Gasteiger partial charge in [-0.25, -0.2) is 9.97 Å². The normalized spacial score (nSPS) is 19.6. The molecule has 0 aromatic carbocycles. The average molecular weight is 382 g/mol. The van der Waals surface area contributed by atoms with Crippen molar-refractivity contribution in [3.05, 3.63) is 42.9 Å². The molecule has 3 rings (SSSR count). The number of aromatic nitrogens is 3. The molecule has 28 heavy (non-hydrogen) atoms. The molecular weight excluding hydrogens is 346 g/mol. The van der Waals surface area contributed by atoms with E-state index in [-0.39, 0.29) is 0 Å². The fraction of sp³-hybridized carbons (Fsp3) is 0.565. The number of anilines is 1. The summed E-state index contributed by atoms with van der Waals surface area (Å²) in [6.45, 7) is 8.24. The van der Waals surface area contributed by atoms with E-state index in [0.717, 1.165) is 42.3 Å². The zero-order valence-corrected chi connectivity index (χ0v) is 17.5. The Balaban J connectivity index is 1.38. The van der Waals surface area contributed by atoms with Gasteiger partial charge in [-0.05, 0) is 64.1 Å². The first-order valence-electron chi connectivity index (χ1n) is 10.7. The van der Waals surface area contributed by atoms with Crippen LogP contribution in [0.1, 0.15) is 57.9 Å². The van der Waals surface area contributed by atoms with Gasteiger partial charge in [-0.15, -0.1) is 0 Å². The molecule has 0 bridgehead atoms. The van der Waals surface area contributed by atoms with E-state index in [1.54, 1.807) is 6.33 Å². The number of rotatable bonds is 11. The van der Waals surface area contributed by atoms with Crippen LogP contribution >= 0.6 is 0 Å². The van der Waals surface area contributed by atoms with E-state index >= 15 is 0 Å². The summed E-state index contributed by atoms with van der Waals surface area (Å²) in [4.78, 5) is 8.86. The minimum Gasteiger partial charge on any atom is -0.372 e. The van der Waals surface area contributed by atoms with Crippen LogP contribution in [0.25, 0.3) is 11.0 Å². The number of fused-ring (bicyclic) bond motifs is 1. The Hall–Kier alpha value is -2.14. The van der Waals surface area contributed by atoms with Gasteiger partial charge in [0.15, 0.2) is 0 Å². The predicted octanol–water partition coefficient (Wildman–Crippen LogP) is 5.10. The molecule has 5 nitrogen and oxygen atoms in total. The van der Waals surface area contributed by atoms with Crippen molar-refractivity contribution in [2.75, 3.05) is 25.5 Å². The van der Waals surface area contributed by atoms with E-state index < -0.39 is 0 Å². The van der Waals surface area contributed by atoms with Gasteiger partial charge in [0.2, 0.25) is 0 Å². The standard InChI is InChI=1S/C23H35N5/c1-4-7-18(2)11-14-25-13-6-5-8-19-9-10-20(16-19)28-15-12-21-22(24-3)26-17-27-23(21)28/h4,7,12,15,17,19-20,25H,2,5-6,8-11,13-14,16H2,1,3H3,(H,24,26,27)/b7-4-. The first-order valence-corrected chi connectivity index (χ1v) is 10.7. The first-order chi connectivity index (χ1) is 13.7. The van der Waals surface area contributed by atoms with Crippen molar-refractivity contribution < 1.29 is 0 Å². The lowest BCUT2D eigenvalue weighted by atomic mass is 10.0. The molecule has 2 heterocycles. The zero-order chi connectivity index (χ0) is 19.8. The Morgan fingerprint density at radius 1 is 1.29 bits per heavy atom. The molecule has 1 saturated carbocycles. The van der Waals surface area contributed by atoms with Crippen molar-refractivity contribution in [3.8, 4) is 0 Å². The van der Waals surface area contributed by atoms with Crippen LogP contribution in [0, 0.1) is 5.92 Å². The van der Waals surface area contributed by atoms with Gasteiger partial charge in [-0.3, -0.25) is 0 Å². The van der Waals surface area contributed by atoms with Gasteiger partial charge in [0.25, 0.3) is 0 Å². The van der Waals surface area contributed by atoms with E-state index in [0.29, 0.717) is 6.04 Å². The third-order valence-corrected chi connectivity index (χ3v) is 5.89. The highest BCUT2D eigenvalue weighted by Gasteiger charge is 2.26. The Bertz CT molecular complexity index is 791. The molecule has 1 fully saturated rings. The summed E-state index contributed by atoms with van der Waals surface area (Å²) in [5, 5.41) is 7.83. The number of hydrogen-bond donors (Lipinski definition) is 2. The molecule has 2 unspecified atom stereocenters. The summed E-state index contributed by atoms with van der Waals surface area (Å²) >= 11 is 0. The summed E-state index contributed by atoms with van der Waals surface area (Å²) in [5.41, 5.74) is 2.27. The van der Waals surface area contributed by atoms with Crippen LogP contribution in [-0.4, -0.2) is 34.7 Å². The summed E-state index contributed by atoms with van der Waals surface area (Å²) in [7, 11) is 1.91. The molecule has 0 amide bonds. The minimum absolute atomic E-state index is 0.581. The molecule has 152 valence electrons. The van der Waals surface area contributed by atoms with Crippen molar-refractivity contribution >= 4 is 16.9 Å². The number of nitrogens with one attached hydrogen (secondary N) is 2. The molecule has 0 spiro atoms. The molecule has 2 aromatic heterocycles. The molecule has 1 aliphatic rings. The van der Waals surface area contributed by atoms with E-state index in [9.17, 15) is 0 Å². The van der Waals surface area contributed by atoms with Crippen LogP contribution in [-0.2, 0) is 0 Å². The van der Waals surface area contributed by atoms with E-state index in [1.807, 2.05) is 14.0 Å². The topological polar surface area (TPSA) is 54.8 Å². The van der Waals surface area contributed by atoms with E-state index in [2.05, 4.69) is 56.2 Å². The third-order valence-electron chi connectivity index (χ3n) is 5.89. The lowest BCUT2D eigenvalue weighted by Gasteiger charge is -2.14. The predicted molar refractivity (Wildman–Crippen MR) is 119 cm³/mol. The summed E-state index contributed by atoms with van der Waals surface area (Å²) in [6, 6.07) is 2.73. The van der Waals surface area contributed by atoms with Crippen LogP contribution in [0.4, 0.5) is 5.82 Å². The van der Waals surface area contributed by atoms with Crippen LogP contribution in [0.15, 0.2) is 42.9 Å². The second-order valence-corrected chi connectivity index (χ2v) is 7.92. The van der Waals surface area contributed by atoms with Gasteiger partial charge in [0, 0.05) is 19.3 Å². The monoisotopic (exact) mass is 381 g/mol. The second-order valence-electron chi connectivity index (χ2n) is 7.92. The molecular formula is C23H35N5. The maximum atomic E-state index is 4.54. The molecule has 1 aliphatic carbocycles. The smallest absolute Gasteiger partial charge is 0.145 e. The van der Waals surface area contributed by atoms with E-state index in [4.69, 9.17) is 0 Å². The molecule has 2 atom stereocenters. The van der Waals surface area contributed by atoms with Gasteiger partial charge in [-0.2, -0.15) is 0 Å². The van der Waals surface area contributed by atoms with Crippen LogP contribution in [0.3, 0.4) is 0 Å². The highest BCUT2D eigenvalue weighted by molar-refractivity contribution is 5.87. The lowest BCUT2D eigenvalue weighted by molar-refractivity contribution is 0.439. The Morgan fingerprint density at radius 3 is 3.00 bits per heavy atom. The van der Waals surface area contributed by atoms with Gasteiger partial charge in [-0.1, -0.05) is 37.1 Å². The van der Waals surface area contributed by atoms with Gasteiger partial charge >= 0.3 is 0 Å². The fourth-order valence-electron chi connectivity index (χ4n) is 4.40. The maximum Gasteiger partial charge on any atom is 0.145 e. The SMILES string of the molecule is C=C(/C=C\C)CCNCCCCC1CCC(n2ccc3c(NC)ncnc32)C1. The van der Waals surface area contributed by atoms with Crippen LogP contribution in [0.5, 0.6) is 0 Å². The Morgan fingerprint density at radius 2 is 2.18 bits per heavy atom. The van der Waals surface area contributed by atoms with Crippen molar-refractivity contribution in [2.45, 2.75) is 57.9 Å². The van der Waals surface area contributed by atoms with Gasteiger partial charge in [0.1, 0.15) is 17.8 Å². The largest absolute Gasteiger partial charge is 0.372 e. The van der Waals surface area contributed by atoms with Crippen LogP contribution < -0.4 is 10.6 Å². The molecule has 0 aliphatic heterocycles. The summed E-state index contributed by atoms with van der Waals surface area (Å²) in [5.74, 6) is 1.77. The van der Waals surface area contributed by atoms with Crippen molar-refractivity contribution in [1.82, 2.24) is 19.9 Å². The molecule has 5 heteroatoms. The average Bonchev–Trinajstić information content (AvgIpc) is 3.33. The first kappa shape index (κ1) is 20.6. The third kappa shape index (κ3) is 5.22. The maximum absolute atomic E-state index is 4.54. The zero-order valence-electron chi connectivity index (χ0n) is 17.5. The lowest BCUT2D eigenvalue weighted by Crippen LogP contribution is -2.17. The Labute approximate surface area is 169 Å². The number of hydrogen-bond acceptors (Lipinski definition) is 4. The summed E-state index contributed by atoms with van der Waals surface area (Å²) in [6.07, 6.45) is 16.9. The minimum atomic E-state index is 0.581. The number of allylic oxidation sites excluding steroid dienone is 2. The van der Waals surface area contributed by atoms with Crippen molar-refractivity contribution in [2.24, 2.45) is 5.92 Å². The van der Waals surface area contributed by atoms with Crippen molar-refractivity contribution in [3.63, 3.8) is 0 Å². The van der Waals surface area contributed by atoms with Crippen molar-refractivity contribution in [1.29, 1.82) is 0 Å². The fourth-order valence-corrected chi connectivity index (χ4v) is 4.40. The van der Waals surface area contributed by atoms with Gasteiger partial charge in [0.05, 0.1) is 5.39 Å². The number of nitrogens with zero attached hydrogens (tertiary/aromatic N) is 3. The summed E-state index contributed by atoms with van der Waals surface area (Å²) < 4.78 is 2.37. The molecule has 2 N–H and O–H groups in total. The van der Waals surface area contributed by atoms with E-state index in [1.165, 1.54) is 44.1 Å². The second kappa shape index (κ2) is 10.4. The Kier molecular flexibility index (Phi) is 7.66. The molecule has 2 aromatic rings. The number of unbranched alkanes of at least 4 members (excludes halogenated alkanes) is 1. The highest BCUT2D eigenvalue weighted by Crippen LogP contribution is 2.39.